The number of hydrogen-bond acceptors (Lipinski definition) is 5. The Kier molecular flexibility index (Phi) is 2.82. The smallest absolute Gasteiger partial charge is 0.254 e. The molecular weight excluding hydrogens is 248 g/mol. The molecule has 1 saturated heterocycles. The van der Waals surface area contributed by atoms with E-state index in [1.807, 2.05) is 0 Å². The topological polar surface area (TPSA) is 70.5 Å². The zero-order valence-electron chi connectivity index (χ0n) is 9.17. The first-order valence-corrected chi connectivity index (χ1v) is 7.22. The van der Waals surface area contributed by atoms with E-state index >= 15 is 0 Å². The van der Waals surface area contributed by atoms with Crippen molar-refractivity contribution in [3.8, 4) is 0 Å². The predicted octanol–water partition coefficient (Wildman–Crippen LogP) is 0.597. The lowest BCUT2D eigenvalue weighted by Crippen LogP contribution is -2.33. The van der Waals surface area contributed by atoms with Gasteiger partial charge in [-0.15, -0.1) is 11.3 Å². The number of nitrogens with zero attached hydrogens (tertiary/aromatic N) is 2. The lowest BCUT2D eigenvalue weighted by atomic mass is 10.1. The number of thiazole rings is 1. The number of rotatable bonds is 2. The van der Waals surface area contributed by atoms with E-state index in [1.165, 1.54) is 10.5 Å². The molecule has 0 bridgehead atoms. The van der Waals surface area contributed by atoms with Crippen LogP contribution >= 0.6 is 11.3 Å². The van der Waals surface area contributed by atoms with E-state index in [-0.39, 0.29) is 10.8 Å². The average Bonchev–Trinajstić information content (AvgIpc) is 2.72. The van der Waals surface area contributed by atoms with E-state index in [0.717, 1.165) is 16.3 Å². The maximum absolute atomic E-state index is 12.1. The fourth-order valence-corrected chi connectivity index (χ4v) is 4.52. The molecular formula is C9H14N2O3S2. The normalized spacial score (nSPS) is 27.4. The van der Waals surface area contributed by atoms with Crippen LogP contribution in [0, 0.1) is 6.92 Å². The molecule has 1 aliphatic heterocycles. The Morgan fingerprint density at radius 1 is 1.62 bits per heavy atom. The zero-order valence-corrected chi connectivity index (χ0v) is 10.8. The summed E-state index contributed by atoms with van der Waals surface area (Å²) in [6, 6.07) is 0. The van der Waals surface area contributed by atoms with Gasteiger partial charge in [-0.1, -0.05) is 0 Å². The van der Waals surface area contributed by atoms with Crippen LogP contribution in [0.25, 0.3) is 0 Å². The van der Waals surface area contributed by atoms with Gasteiger partial charge in [0, 0.05) is 13.1 Å². The Balaban J connectivity index is 2.28. The molecule has 1 unspecified atom stereocenters. The Bertz CT molecular complexity index is 493. The van der Waals surface area contributed by atoms with Crippen molar-refractivity contribution < 1.29 is 13.5 Å². The lowest BCUT2D eigenvalue weighted by molar-refractivity contribution is 0.0762. The fraction of sp³-hybridized carbons (Fsp3) is 0.667. The van der Waals surface area contributed by atoms with Crippen molar-refractivity contribution >= 4 is 21.4 Å². The summed E-state index contributed by atoms with van der Waals surface area (Å²) in [5.74, 6) is 0. The van der Waals surface area contributed by atoms with Crippen LogP contribution < -0.4 is 0 Å². The minimum Gasteiger partial charge on any atom is -0.389 e. The number of β-amino-alcohol motifs (C(OH)–C–C–N with tert-alkyl or cyclic N) is 1. The van der Waals surface area contributed by atoms with Gasteiger partial charge in [-0.05, 0) is 20.3 Å². The molecule has 1 aliphatic rings. The summed E-state index contributed by atoms with van der Waals surface area (Å²) in [6.45, 7) is 3.95. The van der Waals surface area contributed by atoms with Gasteiger partial charge in [0.2, 0.25) is 0 Å². The van der Waals surface area contributed by atoms with Crippen molar-refractivity contribution in [3.05, 3.63) is 11.2 Å². The van der Waals surface area contributed by atoms with E-state index < -0.39 is 15.6 Å². The van der Waals surface area contributed by atoms with Crippen LogP contribution in [0.5, 0.6) is 0 Å². The summed E-state index contributed by atoms with van der Waals surface area (Å²) in [5.41, 5.74) is -0.910. The van der Waals surface area contributed by atoms with Crippen molar-refractivity contribution in [2.45, 2.75) is 30.1 Å². The van der Waals surface area contributed by atoms with Gasteiger partial charge in [-0.2, -0.15) is 4.31 Å². The molecule has 1 atom stereocenters. The Hall–Kier alpha value is -0.500. The van der Waals surface area contributed by atoms with Gasteiger partial charge in [0.05, 0.1) is 16.8 Å². The largest absolute Gasteiger partial charge is 0.389 e. The number of hydrogen-bond donors (Lipinski definition) is 1. The van der Waals surface area contributed by atoms with E-state index in [0.29, 0.717) is 13.0 Å². The summed E-state index contributed by atoms with van der Waals surface area (Å²) in [4.78, 5) is 3.94. The zero-order chi connectivity index (χ0) is 12.0. The highest BCUT2D eigenvalue weighted by atomic mass is 32.2. The second kappa shape index (κ2) is 3.76. The van der Waals surface area contributed by atoms with Crippen LogP contribution in [0.1, 0.15) is 18.4 Å². The predicted molar refractivity (Wildman–Crippen MR) is 60.9 cm³/mol. The second-order valence-corrected chi connectivity index (χ2v) is 7.68. The third-order valence-electron chi connectivity index (χ3n) is 2.61. The molecule has 0 amide bonds. The molecule has 2 rings (SSSR count). The van der Waals surface area contributed by atoms with E-state index in [4.69, 9.17) is 0 Å². The molecule has 0 radical (unpaired) electrons. The van der Waals surface area contributed by atoms with Gasteiger partial charge < -0.3 is 5.11 Å². The van der Waals surface area contributed by atoms with Crippen molar-refractivity contribution in [3.63, 3.8) is 0 Å². The molecule has 1 N–H and O–H groups in total. The highest BCUT2D eigenvalue weighted by Crippen LogP contribution is 2.29. The quantitative estimate of drug-likeness (QED) is 0.847. The second-order valence-electron chi connectivity index (χ2n) is 4.28. The third-order valence-corrected chi connectivity index (χ3v) is 5.81. The maximum atomic E-state index is 12.1. The Morgan fingerprint density at radius 2 is 2.31 bits per heavy atom. The molecule has 0 aliphatic carbocycles. The lowest BCUT2D eigenvalue weighted by Gasteiger charge is -2.17. The SMILES string of the molecule is Cc1ncc(S(=O)(=O)N2CCC(C)(O)C2)s1. The number of aliphatic hydroxyl groups is 1. The van der Waals surface area contributed by atoms with Gasteiger partial charge in [0.25, 0.3) is 10.0 Å². The van der Waals surface area contributed by atoms with Crippen LogP contribution in [0.2, 0.25) is 0 Å². The summed E-state index contributed by atoms with van der Waals surface area (Å²) >= 11 is 1.16. The van der Waals surface area contributed by atoms with Gasteiger partial charge >= 0.3 is 0 Å². The molecule has 0 spiro atoms. The highest BCUT2D eigenvalue weighted by Gasteiger charge is 2.39. The van der Waals surface area contributed by atoms with E-state index in [1.54, 1.807) is 13.8 Å². The summed E-state index contributed by atoms with van der Waals surface area (Å²) in [6.07, 6.45) is 1.85. The van der Waals surface area contributed by atoms with Gasteiger partial charge in [0.1, 0.15) is 0 Å². The highest BCUT2D eigenvalue weighted by molar-refractivity contribution is 7.91. The monoisotopic (exact) mass is 262 g/mol. The summed E-state index contributed by atoms with van der Waals surface area (Å²) in [7, 11) is -3.46. The van der Waals surface area contributed by atoms with Gasteiger partial charge in [-0.3, -0.25) is 0 Å². The van der Waals surface area contributed by atoms with Crippen molar-refractivity contribution in [1.82, 2.24) is 9.29 Å². The average molecular weight is 262 g/mol. The Morgan fingerprint density at radius 3 is 2.75 bits per heavy atom. The molecule has 90 valence electrons. The van der Waals surface area contributed by atoms with Crippen molar-refractivity contribution in [2.24, 2.45) is 0 Å². The number of sulfonamides is 1. The molecule has 1 fully saturated rings. The first kappa shape index (κ1) is 12.0. The van der Waals surface area contributed by atoms with Gasteiger partial charge in [-0.25, -0.2) is 13.4 Å². The van der Waals surface area contributed by atoms with E-state index in [9.17, 15) is 13.5 Å². The number of aromatic nitrogens is 1. The fourth-order valence-electron chi connectivity index (χ4n) is 1.70. The van der Waals surface area contributed by atoms with Crippen LogP contribution in [0.4, 0.5) is 0 Å². The molecule has 16 heavy (non-hydrogen) atoms. The molecule has 1 aromatic rings. The van der Waals surface area contributed by atoms with Crippen LogP contribution in [-0.2, 0) is 10.0 Å². The maximum Gasteiger partial charge on any atom is 0.254 e. The van der Waals surface area contributed by atoms with Crippen molar-refractivity contribution in [1.29, 1.82) is 0 Å². The van der Waals surface area contributed by atoms with E-state index in [2.05, 4.69) is 4.98 Å². The van der Waals surface area contributed by atoms with Crippen LogP contribution in [0.3, 0.4) is 0 Å². The third kappa shape index (κ3) is 2.13. The summed E-state index contributed by atoms with van der Waals surface area (Å²) < 4.78 is 25.8. The van der Waals surface area contributed by atoms with Crippen molar-refractivity contribution in [2.75, 3.05) is 13.1 Å². The number of aryl methyl sites for hydroxylation is 1. The standard InChI is InChI=1S/C9H14N2O3S2/c1-7-10-5-8(15-7)16(13,14)11-4-3-9(2,12)6-11/h5,12H,3-4,6H2,1-2H3. The first-order valence-electron chi connectivity index (χ1n) is 4.96. The molecule has 0 aromatic carbocycles. The first-order chi connectivity index (χ1) is 7.31. The van der Waals surface area contributed by atoms with Gasteiger partial charge in [0.15, 0.2) is 4.21 Å². The molecule has 7 heteroatoms. The molecule has 0 saturated carbocycles. The summed E-state index contributed by atoms with van der Waals surface area (Å²) in [5, 5.41) is 10.5. The minimum atomic E-state index is -3.46. The van der Waals surface area contributed by atoms with Crippen LogP contribution in [0.15, 0.2) is 10.4 Å². The molecule has 5 nitrogen and oxygen atoms in total. The van der Waals surface area contributed by atoms with Crippen LogP contribution in [-0.4, -0.2) is 41.5 Å². The Labute approximate surface area is 98.8 Å². The minimum absolute atomic E-state index is 0.159. The molecule has 1 aromatic heterocycles. The molecule has 2 heterocycles.